The van der Waals surface area contributed by atoms with Crippen molar-refractivity contribution in [1.82, 2.24) is 15.1 Å². The zero-order valence-corrected chi connectivity index (χ0v) is 16.1. The number of nitrogens with one attached hydrogen (secondary N) is 1. The van der Waals surface area contributed by atoms with E-state index in [9.17, 15) is 4.79 Å². The second kappa shape index (κ2) is 8.89. The van der Waals surface area contributed by atoms with E-state index in [0.717, 1.165) is 27.3 Å². The molecule has 8 heteroatoms. The molecule has 0 spiro atoms. The maximum Gasteiger partial charge on any atom is 0.233 e. The molecule has 0 saturated heterocycles. The highest BCUT2D eigenvalue weighted by molar-refractivity contribution is 8.01. The van der Waals surface area contributed by atoms with E-state index in [2.05, 4.69) is 44.7 Å². The van der Waals surface area contributed by atoms with Gasteiger partial charge in [0.25, 0.3) is 0 Å². The number of rotatable bonds is 8. The Morgan fingerprint density at radius 3 is 2.54 bits per heavy atom. The van der Waals surface area contributed by atoms with E-state index < -0.39 is 0 Å². The van der Waals surface area contributed by atoms with Crippen molar-refractivity contribution in [3.8, 4) is 0 Å². The Morgan fingerprint density at radius 1 is 1.21 bits per heavy atom. The van der Waals surface area contributed by atoms with Crippen LogP contribution in [-0.2, 0) is 11.3 Å². The highest BCUT2D eigenvalue weighted by atomic mass is 32.2. The van der Waals surface area contributed by atoms with E-state index in [-0.39, 0.29) is 5.91 Å². The number of aromatic nitrogens is 2. The summed E-state index contributed by atoms with van der Waals surface area (Å²) in [5.41, 5.74) is 2.27. The third-order valence-corrected chi connectivity index (χ3v) is 5.35. The third-order valence-electron chi connectivity index (χ3n) is 3.35. The van der Waals surface area contributed by atoms with E-state index in [0.29, 0.717) is 12.3 Å². The summed E-state index contributed by atoms with van der Waals surface area (Å²) in [5, 5.41) is 12.0. The fourth-order valence-corrected chi connectivity index (χ4v) is 3.75. The molecular weight excluding hydrogens is 342 g/mol. The van der Waals surface area contributed by atoms with Crippen LogP contribution in [0.3, 0.4) is 0 Å². The van der Waals surface area contributed by atoms with Crippen LogP contribution >= 0.6 is 23.1 Å². The van der Waals surface area contributed by atoms with E-state index >= 15 is 0 Å². The average Bonchev–Trinajstić information content (AvgIpc) is 3.01. The Hall–Kier alpha value is -1.80. The van der Waals surface area contributed by atoms with Crippen molar-refractivity contribution < 1.29 is 4.79 Å². The summed E-state index contributed by atoms with van der Waals surface area (Å²) >= 11 is 2.90. The third kappa shape index (κ3) is 5.38. The van der Waals surface area contributed by atoms with Gasteiger partial charge in [-0.2, -0.15) is 0 Å². The van der Waals surface area contributed by atoms with Crippen LogP contribution in [0.1, 0.15) is 12.5 Å². The minimum atomic E-state index is 0.0805. The van der Waals surface area contributed by atoms with Crippen molar-refractivity contribution in [2.75, 3.05) is 43.7 Å². The maximum absolute atomic E-state index is 12.3. The molecule has 2 rings (SSSR count). The van der Waals surface area contributed by atoms with E-state index in [1.54, 1.807) is 4.90 Å². The molecule has 0 atom stereocenters. The molecule has 6 nitrogen and oxygen atoms in total. The highest BCUT2D eigenvalue weighted by Gasteiger charge is 2.12. The van der Waals surface area contributed by atoms with Crippen LogP contribution in [0.5, 0.6) is 0 Å². The van der Waals surface area contributed by atoms with Gasteiger partial charge in [0.1, 0.15) is 0 Å². The SMILES string of the molecule is CCNc1nnc(SCC(=O)N(C)Cc2ccc(N(C)C)cc2)s1. The standard InChI is InChI=1S/C16H23N5OS2/c1-5-17-15-18-19-16(24-15)23-11-14(22)21(4)10-12-6-8-13(9-7-12)20(2)3/h6-9H,5,10-11H2,1-4H3,(H,17,18). The molecule has 0 aliphatic heterocycles. The van der Waals surface area contributed by atoms with Crippen LogP contribution in [0.4, 0.5) is 10.8 Å². The Morgan fingerprint density at radius 2 is 1.92 bits per heavy atom. The van der Waals surface area contributed by atoms with Gasteiger partial charge in [0, 0.05) is 39.9 Å². The summed E-state index contributed by atoms with van der Waals surface area (Å²) in [4.78, 5) is 16.1. The van der Waals surface area contributed by atoms with Crippen LogP contribution in [0.25, 0.3) is 0 Å². The molecule has 0 bridgehead atoms. The van der Waals surface area contributed by atoms with E-state index in [1.807, 2.05) is 28.1 Å². The summed E-state index contributed by atoms with van der Waals surface area (Å²) in [6.07, 6.45) is 0. The summed E-state index contributed by atoms with van der Waals surface area (Å²) in [6, 6.07) is 8.23. The summed E-state index contributed by atoms with van der Waals surface area (Å²) in [5.74, 6) is 0.449. The molecule has 0 unspecified atom stereocenters. The molecule has 1 N–H and O–H groups in total. The quantitative estimate of drug-likeness (QED) is 0.726. The molecular formula is C16H23N5OS2. The van der Waals surface area contributed by atoms with Gasteiger partial charge in [0.05, 0.1) is 5.75 Å². The van der Waals surface area contributed by atoms with Gasteiger partial charge in [-0.05, 0) is 24.6 Å². The lowest BCUT2D eigenvalue weighted by molar-refractivity contribution is -0.127. The second-order valence-electron chi connectivity index (χ2n) is 5.50. The lowest BCUT2D eigenvalue weighted by Gasteiger charge is -2.18. The van der Waals surface area contributed by atoms with Crippen LogP contribution < -0.4 is 10.2 Å². The van der Waals surface area contributed by atoms with Crippen molar-refractivity contribution in [2.24, 2.45) is 0 Å². The largest absolute Gasteiger partial charge is 0.378 e. The molecule has 24 heavy (non-hydrogen) atoms. The molecule has 130 valence electrons. The molecule has 0 aliphatic rings. The molecule has 1 aromatic heterocycles. The first-order valence-electron chi connectivity index (χ1n) is 7.70. The molecule has 0 saturated carbocycles. The predicted octanol–water partition coefficient (Wildman–Crippen LogP) is 2.79. The number of carbonyl (C=O) groups is 1. The molecule has 0 aliphatic carbocycles. The van der Waals surface area contributed by atoms with Gasteiger partial charge in [-0.3, -0.25) is 4.79 Å². The van der Waals surface area contributed by atoms with E-state index in [1.165, 1.54) is 23.1 Å². The number of amides is 1. The Kier molecular flexibility index (Phi) is 6.86. The monoisotopic (exact) mass is 365 g/mol. The van der Waals surface area contributed by atoms with Gasteiger partial charge in [-0.15, -0.1) is 10.2 Å². The highest BCUT2D eigenvalue weighted by Crippen LogP contribution is 2.25. The summed E-state index contributed by atoms with van der Waals surface area (Å²) in [6.45, 7) is 3.43. The fourth-order valence-electron chi connectivity index (χ4n) is 1.99. The second-order valence-corrected chi connectivity index (χ2v) is 7.70. The molecule has 1 heterocycles. The minimum absolute atomic E-state index is 0.0805. The van der Waals surface area contributed by atoms with Gasteiger partial charge in [-0.1, -0.05) is 35.2 Å². The van der Waals surface area contributed by atoms with Crippen molar-refractivity contribution >= 4 is 39.8 Å². The molecule has 1 aromatic carbocycles. The number of thioether (sulfide) groups is 1. The predicted molar refractivity (Wildman–Crippen MR) is 102 cm³/mol. The summed E-state index contributed by atoms with van der Waals surface area (Å²) in [7, 11) is 5.85. The van der Waals surface area contributed by atoms with Gasteiger partial charge >= 0.3 is 0 Å². The first kappa shape index (κ1) is 18.5. The van der Waals surface area contributed by atoms with E-state index in [4.69, 9.17) is 0 Å². The first-order valence-corrected chi connectivity index (χ1v) is 9.50. The Bertz CT molecular complexity index is 657. The van der Waals surface area contributed by atoms with Crippen molar-refractivity contribution in [1.29, 1.82) is 0 Å². The van der Waals surface area contributed by atoms with Gasteiger partial charge in [0.2, 0.25) is 11.0 Å². The average molecular weight is 366 g/mol. The van der Waals surface area contributed by atoms with Gasteiger partial charge in [0.15, 0.2) is 4.34 Å². The first-order chi connectivity index (χ1) is 11.5. The zero-order chi connectivity index (χ0) is 17.5. The van der Waals surface area contributed by atoms with Crippen LogP contribution in [0.15, 0.2) is 28.6 Å². The van der Waals surface area contributed by atoms with Crippen molar-refractivity contribution in [2.45, 2.75) is 17.8 Å². The molecule has 1 amide bonds. The number of nitrogens with zero attached hydrogens (tertiary/aromatic N) is 4. The van der Waals surface area contributed by atoms with Crippen molar-refractivity contribution in [3.63, 3.8) is 0 Å². The van der Waals surface area contributed by atoms with Crippen LogP contribution in [0, 0.1) is 0 Å². The number of hydrogen-bond donors (Lipinski definition) is 1. The topological polar surface area (TPSA) is 61.4 Å². The minimum Gasteiger partial charge on any atom is -0.378 e. The van der Waals surface area contributed by atoms with Gasteiger partial charge in [-0.25, -0.2) is 0 Å². The van der Waals surface area contributed by atoms with Crippen LogP contribution in [0.2, 0.25) is 0 Å². The normalized spacial score (nSPS) is 10.5. The number of hydrogen-bond acceptors (Lipinski definition) is 7. The van der Waals surface area contributed by atoms with Gasteiger partial charge < -0.3 is 15.1 Å². The lowest BCUT2D eigenvalue weighted by Crippen LogP contribution is -2.27. The van der Waals surface area contributed by atoms with Crippen LogP contribution in [-0.4, -0.2) is 54.4 Å². The Labute approximate surface area is 151 Å². The zero-order valence-electron chi connectivity index (χ0n) is 14.4. The smallest absolute Gasteiger partial charge is 0.233 e. The number of carbonyl (C=O) groups excluding carboxylic acids is 1. The maximum atomic E-state index is 12.3. The Balaban J connectivity index is 1.82. The fraction of sp³-hybridized carbons (Fsp3) is 0.438. The molecule has 0 radical (unpaired) electrons. The molecule has 2 aromatic rings. The van der Waals surface area contributed by atoms with Crippen molar-refractivity contribution in [3.05, 3.63) is 29.8 Å². The summed E-state index contributed by atoms with van der Waals surface area (Å²) < 4.78 is 0.808. The lowest BCUT2D eigenvalue weighted by atomic mass is 10.2. The number of anilines is 2. The molecule has 0 fully saturated rings. The number of benzene rings is 1.